The van der Waals surface area contributed by atoms with Crippen LogP contribution in [0, 0.1) is 6.92 Å². The molecule has 0 aromatic carbocycles. The normalized spacial score (nSPS) is 10.9. The molecule has 1 aromatic heterocycles. The topological polar surface area (TPSA) is 28.2 Å². The second-order valence-corrected chi connectivity index (χ2v) is 3.90. The van der Waals surface area contributed by atoms with Crippen LogP contribution in [-0.2, 0) is 6.54 Å². The van der Waals surface area contributed by atoms with Crippen LogP contribution in [0.3, 0.4) is 0 Å². The van der Waals surface area contributed by atoms with E-state index in [1.165, 1.54) is 5.56 Å². The summed E-state index contributed by atoms with van der Waals surface area (Å²) in [6.45, 7) is 8.28. The van der Waals surface area contributed by atoms with Crippen LogP contribution in [0.1, 0.15) is 18.2 Å². The van der Waals surface area contributed by atoms with Crippen LogP contribution in [0.5, 0.6) is 0 Å². The highest BCUT2D eigenvalue weighted by atomic mass is 15.1. The average Bonchev–Trinajstić information content (AvgIpc) is 2.26. The van der Waals surface area contributed by atoms with Gasteiger partial charge < -0.3 is 10.2 Å². The van der Waals surface area contributed by atoms with Crippen LogP contribution in [-0.4, -0.2) is 36.6 Å². The lowest BCUT2D eigenvalue weighted by molar-refractivity contribution is 0.348. The molecule has 1 heterocycles. The first-order chi connectivity index (χ1) is 7.22. The Morgan fingerprint density at radius 2 is 2.20 bits per heavy atom. The molecule has 0 aliphatic rings. The van der Waals surface area contributed by atoms with Crippen molar-refractivity contribution in [1.29, 1.82) is 0 Å². The number of likely N-dealkylation sites (N-methyl/N-ethyl adjacent to an activating group) is 1. The van der Waals surface area contributed by atoms with E-state index < -0.39 is 0 Å². The Hall–Kier alpha value is -0.930. The lowest BCUT2D eigenvalue weighted by Crippen LogP contribution is -2.28. The molecule has 84 valence electrons. The smallest absolute Gasteiger partial charge is 0.0541 e. The molecule has 0 saturated heterocycles. The summed E-state index contributed by atoms with van der Waals surface area (Å²) < 4.78 is 0. The Balaban J connectivity index is 2.17. The van der Waals surface area contributed by atoms with Gasteiger partial charge in [0, 0.05) is 25.8 Å². The summed E-state index contributed by atoms with van der Waals surface area (Å²) in [5.41, 5.74) is 2.32. The van der Waals surface area contributed by atoms with E-state index in [-0.39, 0.29) is 0 Å². The maximum absolute atomic E-state index is 4.34. The van der Waals surface area contributed by atoms with Crippen molar-refractivity contribution in [2.24, 2.45) is 0 Å². The molecule has 0 radical (unpaired) electrons. The van der Waals surface area contributed by atoms with Crippen molar-refractivity contribution in [3.05, 3.63) is 29.6 Å². The van der Waals surface area contributed by atoms with Gasteiger partial charge in [0.15, 0.2) is 0 Å². The van der Waals surface area contributed by atoms with E-state index in [1.54, 1.807) is 0 Å². The fourth-order valence-corrected chi connectivity index (χ4v) is 1.25. The molecular weight excluding hydrogens is 186 g/mol. The molecule has 0 saturated carbocycles. The monoisotopic (exact) mass is 207 g/mol. The predicted molar refractivity (Wildman–Crippen MR) is 63.9 cm³/mol. The van der Waals surface area contributed by atoms with E-state index in [2.05, 4.69) is 48.2 Å². The zero-order valence-corrected chi connectivity index (χ0v) is 9.95. The SMILES string of the molecule is CCN(C)CCNCc1ccc(C)cn1. The van der Waals surface area contributed by atoms with Crippen LogP contribution in [0.25, 0.3) is 0 Å². The van der Waals surface area contributed by atoms with Gasteiger partial charge in [0.1, 0.15) is 0 Å². The maximum Gasteiger partial charge on any atom is 0.0541 e. The van der Waals surface area contributed by atoms with Gasteiger partial charge in [0.05, 0.1) is 5.69 Å². The number of pyridine rings is 1. The number of aryl methyl sites for hydroxylation is 1. The van der Waals surface area contributed by atoms with Gasteiger partial charge in [-0.2, -0.15) is 0 Å². The first-order valence-corrected chi connectivity index (χ1v) is 5.53. The summed E-state index contributed by atoms with van der Waals surface area (Å²) in [6.07, 6.45) is 1.91. The molecule has 0 spiro atoms. The van der Waals surface area contributed by atoms with Crippen LogP contribution in [0.15, 0.2) is 18.3 Å². The number of aromatic nitrogens is 1. The van der Waals surface area contributed by atoms with E-state index in [0.717, 1.165) is 31.9 Å². The zero-order valence-electron chi connectivity index (χ0n) is 9.95. The van der Waals surface area contributed by atoms with E-state index in [0.29, 0.717) is 0 Å². The van der Waals surface area contributed by atoms with Crippen molar-refractivity contribution in [3.63, 3.8) is 0 Å². The Kier molecular flexibility index (Phi) is 5.29. The molecule has 0 aliphatic heterocycles. The number of rotatable bonds is 6. The summed E-state index contributed by atoms with van der Waals surface area (Å²) in [6, 6.07) is 4.17. The molecular formula is C12H21N3. The molecule has 3 nitrogen and oxygen atoms in total. The minimum absolute atomic E-state index is 0.859. The number of nitrogens with zero attached hydrogens (tertiary/aromatic N) is 2. The quantitative estimate of drug-likeness (QED) is 0.715. The van der Waals surface area contributed by atoms with Crippen LogP contribution in [0.2, 0.25) is 0 Å². The van der Waals surface area contributed by atoms with Crippen LogP contribution >= 0.6 is 0 Å². The molecule has 0 atom stereocenters. The number of nitrogens with one attached hydrogen (secondary N) is 1. The van der Waals surface area contributed by atoms with Crippen molar-refractivity contribution >= 4 is 0 Å². The summed E-state index contributed by atoms with van der Waals surface area (Å²) in [5.74, 6) is 0. The fourth-order valence-electron chi connectivity index (χ4n) is 1.25. The number of hydrogen-bond donors (Lipinski definition) is 1. The second-order valence-electron chi connectivity index (χ2n) is 3.90. The first kappa shape index (κ1) is 12.1. The molecule has 0 fully saturated rings. The Bertz CT molecular complexity index is 269. The third-order valence-electron chi connectivity index (χ3n) is 2.49. The summed E-state index contributed by atoms with van der Waals surface area (Å²) in [5, 5.41) is 3.38. The zero-order chi connectivity index (χ0) is 11.1. The van der Waals surface area contributed by atoms with E-state index in [9.17, 15) is 0 Å². The molecule has 0 amide bonds. The van der Waals surface area contributed by atoms with Crippen molar-refractivity contribution in [2.75, 3.05) is 26.7 Å². The second kappa shape index (κ2) is 6.53. The molecule has 15 heavy (non-hydrogen) atoms. The van der Waals surface area contributed by atoms with E-state index in [4.69, 9.17) is 0 Å². The summed E-state index contributed by atoms with van der Waals surface area (Å²) in [4.78, 5) is 6.63. The molecule has 1 N–H and O–H groups in total. The predicted octanol–water partition coefficient (Wildman–Crippen LogP) is 1.43. The van der Waals surface area contributed by atoms with Gasteiger partial charge >= 0.3 is 0 Å². The van der Waals surface area contributed by atoms with Crippen molar-refractivity contribution in [1.82, 2.24) is 15.2 Å². The van der Waals surface area contributed by atoms with Gasteiger partial charge in [-0.25, -0.2) is 0 Å². The van der Waals surface area contributed by atoms with Gasteiger partial charge in [-0.05, 0) is 32.1 Å². The lowest BCUT2D eigenvalue weighted by Gasteiger charge is -2.13. The highest BCUT2D eigenvalue weighted by Gasteiger charge is 1.95. The maximum atomic E-state index is 4.34. The van der Waals surface area contributed by atoms with Crippen LogP contribution in [0.4, 0.5) is 0 Å². The van der Waals surface area contributed by atoms with Gasteiger partial charge in [0.2, 0.25) is 0 Å². The van der Waals surface area contributed by atoms with Crippen molar-refractivity contribution < 1.29 is 0 Å². The largest absolute Gasteiger partial charge is 0.310 e. The Morgan fingerprint density at radius 1 is 1.40 bits per heavy atom. The third kappa shape index (κ3) is 4.91. The lowest BCUT2D eigenvalue weighted by atomic mass is 10.3. The molecule has 0 bridgehead atoms. The number of hydrogen-bond acceptors (Lipinski definition) is 3. The minimum atomic E-state index is 0.859. The van der Waals surface area contributed by atoms with E-state index >= 15 is 0 Å². The molecule has 1 aromatic rings. The average molecular weight is 207 g/mol. The van der Waals surface area contributed by atoms with Crippen molar-refractivity contribution in [3.8, 4) is 0 Å². The van der Waals surface area contributed by atoms with Gasteiger partial charge in [0.25, 0.3) is 0 Å². The van der Waals surface area contributed by atoms with Gasteiger partial charge in [-0.3, -0.25) is 4.98 Å². The highest BCUT2D eigenvalue weighted by Crippen LogP contribution is 1.97. The minimum Gasteiger partial charge on any atom is -0.310 e. The van der Waals surface area contributed by atoms with Crippen LogP contribution < -0.4 is 5.32 Å². The molecule has 1 rings (SSSR count). The standard InChI is InChI=1S/C12H21N3/c1-4-15(3)8-7-13-10-12-6-5-11(2)9-14-12/h5-6,9,13H,4,7-8,10H2,1-3H3. The molecule has 0 aliphatic carbocycles. The highest BCUT2D eigenvalue weighted by molar-refractivity contribution is 5.11. The molecule has 3 heteroatoms. The van der Waals surface area contributed by atoms with Crippen molar-refractivity contribution in [2.45, 2.75) is 20.4 Å². The Labute approximate surface area is 92.5 Å². The third-order valence-corrected chi connectivity index (χ3v) is 2.49. The fraction of sp³-hybridized carbons (Fsp3) is 0.583. The molecule has 0 unspecified atom stereocenters. The van der Waals surface area contributed by atoms with Gasteiger partial charge in [-0.1, -0.05) is 13.0 Å². The summed E-state index contributed by atoms with van der Waals surface area (Å²) >= 11 is 0. The van der Waals surface area contributed by atoms with E-state index in [1.807, 2.05) is 6.20 Å². The summed E-state index contributed by atoms with van der Waals surface area (Å²) in [7, 11) is 2.13. The van der Waals surface area contributed by atoms with Gasteiger partial charge in [-0.15, -0.1) is 0 Å². The first-order valence-electron chi connectivity index (χ1n) is 5.53. The Morgan fingerprint density at radius 3 is 2.80 bits per heavy atom.